The van der Waals surface area contributed by atoms with Crippen LogP contribution in [0.1, 0.15) is 5.82 Å². The first kappa shape index (κ1) is 14.7. The van der Waals surface area contributed by atoms with Crippen molar-refractivity contribution in [3.63, 3.8) is 0 Å². The van der Waals surface area contributed by atoms with E-state index < -0.39 is 14.9 Å². The maximum absolute atomic E-state index is 12.2. The van der Waals surface area contributed by atoms with E-state index in [1.165, 1.54) is 7.11 Å². The Bertz CT molecular complexity index is 785. The van der Waals surface area contributed by atoms with Crippen molar-refractivity contribution in [3.05, 3.63) is 34.1 Å². The van der Waals surface area contributed by atoms with Gasteiger partial charge < -0.3 is 4.74 Å². The molecule has 0 radical (unpaired) electrons. The summed E-state index contributed by atoms with van der Waals surface area (Å²) >= 11 is 0. The van der Waals surface area contributed by atoms with Crippen LogP contribution in [0.2, 0.25) is 0 Å². The van der Waals surface area contributed by atoms with Crippen LogP contribution < -0.4 is 9.46 Å². The van der Waals surface area contributed by atoms with E-state index in [1.807, 2.05) is 0 Å². The van der Waals surface area contributed by atoms with E-state index in [0.29, 0.717) is 5.82 Å². The van der Waals surface area contributed by atoms with Crippen LogP contribution in [0, 0.1) is 17.0 Å². The molecule has 0 unspecified atom stereocenters. The predicted octanol–water partition coefficient (Wildman–Crippen LogP) is 0.831. The topological polar surface area (TPSA) is 140 Å². The monoisotopic (exact) mass is 313 g/mol. The molecule has 0 bridgehead atoms. The third-order valence-corrected chi connectivity index (χ3v) is 3.84. The Morgan fingerprint density at radius 2 is 2.14 bits per heavy atom. The second-order valence-electron chi connectivity index (χ2n) is 3.94. The second kappa shape index (κ2) is 5.36. The third-order valence-electron chi connectivity index (χ3n) is 2.47. The summed E-state index contributed by atoms with van der Waals surface area (Å²) in [5.41, 5.74) is -0.278. The number of benzene rings is 1. The number of non-ortho nitro benzene ring substituents is 1. The number of ether oxygens (including phenoxy) is 1. The van der Waals surface area contributed by atoms with Gasteiger partial charge in [-0.25, -0.2) is 13.1 Å². The van der Waals surface area contributed by atoms with E-state index in [0.717, 1.165) is 18.2 Å². The molecule has 0 aliphatic heterocycles. The smallest absolute Gasteiger partial charge is 0.273 e. The molecule has 0 atom stereocenters. The number of H-pyrrole nitrogens is 1. The number of nitro groups is 1. The highest BCUT2D eigenvalue weighted by Gasteiger charge is 2.23. The van der Waals surface area contributed by atoms with Gasteiger partial charge >= 0.3 is 0 Å². The van der Waals surface area contributed by atoms with Crippen LogP contribution in [0.25, 0.3) is 0 Å². The molecule has 1 aromatic carbocycles. The fraction of sp³-hybridized carbons (Fsp3) is 0.200. The maximum atomic E-state index is 12.2. The molecule has 112 valence electrons. The van der Waals surface area contributed by atoms with Gasteiger partial charge in [-0.3, -0.25) is 15.2 Å². The molecule has 2 N–H and O–H groups in total. The first-order valence-electron chi connectivity index (χ1n) is 5.58. The van der Waals surface area contributed by atoms with E-state index in [9.17, 15) is 18.5 Å². The van der Waals surface area contributed by atoms with Gasteiger partial charge in [-0.05, 0) is 13.0 Å². The quantitative estimate of drug-likeness (QED) is 0.615. The number of aromatic nitrogens is 3. The summed E-state index contributed by atoms with van der Waals surface area (Å²) in [5, 5.41) is 16.8. The van der Waals surface area contributed by atoms with Gasteiger partial charge in [0.15, 0.2) is 0 Å². The molecule has 0 aliphatic carbocycles. The molecule has 11 heteroatoms. The van der Waals surface area contributed by atoms with Gasteiger partial charge in [0, 0.05) is 6.07 Å². The van der Waals surface area contributed by atoms with Crippen LogP contribution in [0.15, 0.2) is 23.1 Å². The Labute approximate surface area is 119 Å². The van der Waals surface area contributed by atoms with Crippen molar-refractivity contribution < 1.29 is 18.1 Å². The number of nitrogens with zero attached hydrogens (tertiary/aromatic N) is 3. The lowest BCUT2D eigenvalue weighted by molar-refractivity contribution is -0.385. The van der Waals surface area contributed by atoms with E-state index in [-0.39, 0.29) is 22.3 Å². The molecule has 0 spiro atoms. The van der Waals surface area contributed by atoms with Crippen molar-refractivity contribution in [1.82, 2.24) is 15.2 Å². The number of methoxy groups -OCH3 is 1. The lowest BCUT2D eigenvalue weighted by atomic mass is 10.3. The largest absolute Gasteiger partial charge is 0.495 e. The van der Waals surface area contributed by atoms with Gasteiger partial charge in [-0.1, -0.05) is 0 Å². The van der Waals surface area contributed by atoms with Crippen molar-refractivity contribution in [2.75, 3.05) is 11.8 Å². The Kier molecular flexibility index (Phi) is 3.76. The Morgan fingerprint density at radius 1 is 1.43 bits per heavy atom. The zero-order valence-corrected chi connectivity index (χ0v) is 11.8. The van der Waals surface area contributed by atoms with Gasteiger partial charge in [0.05, 0.1) is 18.1 Å². The van der Waals surface area contributed by atoms with E-state index >= 15 is 0 Å². The van der Waals surface area contributed by atoms with E-state index in [2.05, 4.69) is 19.9 Å². The average molecular weight is 313 g/mol. The lowest BCUT2D eigenvalue weighted by Gasteiger charge is -2.09. The van der Waals surface area contributed by atoms with Crippen molar-refractivity contribution in [3.8, 4) is 5.75 Å². The molecular formula is C10H11N5O5S. The SMILES string of the molecule is COc1cc([N+](=O)[O-])ccc1S(=O)(=O)Nc1n[nH]c(C)n1. The Balaban J connectivity index is 2.42. The molecule has 0 saturated carbocycles. The van der Waals surface area contributed by atoms with Crippen LogP contribution in [0.3, 0.4) is 0 Å². The molecule has 2 aromatic rings. The summed E-state index contributed by atoms with van der Waals surface area (Å²) in [6, 6.07) is 3.18. The number of hydrogen-bond donors (Lipinski definition) is 2. The van der Waals surface area contributed by atoms with Crippen LogP contribution in [-0.4, -0.2) is 35.6 Å². The van der Waals surface area contributed by atoms with Gasteiger partial charge in [0.25, 0.3) is 21.7 Å². The molecule has 10 nitrogen and oxygen atoms in total. The lowest BCUT2D eigenvalue weighted by Crippen LogP contribution is -2.15. The number of hydrogen-bond acceptors (Lipinski definition) is 7. The summed E-state index contributed by atoms with van der Waals surface area (Å²) < 4.78 is 31.5. The number of nitrogens with one attached hydrogen (secondary N) is 2. The number of anilines is 1. The first-order chi connectivity index (χ1) is 9.83. The molecule has 1 aromatic heterocycles. The molecule has 1 heterocycles. The molecule has 0 saturated heterocycles. The minimum absolute atomic E-state index is 0.132. The number of sulfonamides is 1. The summed E-state index contributed by atoms with van der Waals surface area (Å²) in [7, 11) is -2.81. The van der Waals surface area contributed by atoms with Crippen molar-refractivity contribution in [1.29, 1.82) is 0 Å². The summed E-state index contributed by atoms with van der Waals surface area (Å²) in [5.74, 6) is 0.153. The van der Waals surface area contributed by atoms with Crippen LogP contribution >= 0.6 is 0 Å². The Hall–Kier alpha value is -2.69. The molecule has 0 amide bonds. The summed E-state index contributed by atoms with van der Waals surface area (Å²) in [6.45, 7) is 1.61. The minimum atomic E-state index is -4.03. The fourth-order valence-electron chi connectivity index (χ4n) is 1.56. The zero-order valence-electron chi connectivity index (χ0n) is 11.0. The van der Waals surface area contributed by atoms with Gasteiger partial charge in [0.1, 0.15) is 16.5 Å². The summed E-state index contributed by atoms with van der Waals surface area (Å²) in [6.07, 6.45) is 0. The highest BCUT2D eigenvalue weighted by molar-refractivity contribution is 7.92. The maximum Gasteiger partial charge on any atom is 0.273 e. The number of aromatic amines is 1. The van der Waals surface area contributed by atoms with Crippen LogP contribution in [0.4, 0.5) is 11.6 Å². The second-order valence-corrected chi connectivity index (χ2v) is 5.59. The van der Waals surface area contributed by atoms with Gasteiger partial charge in [-0.15, -0.1) is 5.10 Å². The molecule has 2 rings (SSSR count). The van der Waals surface area contributed by atoms with Crippen molar-refractivity contribution in [2.45, 2.75) is 11.8 Å². The molecule has 21 heavy (non-hydrogen) atoms. The minimum Gasteiger partial charge on any atom is -0.495 e. The number of aryl methyl sites for hydroxylation is 1. The first-order valence-corrected chi connectivity index (χ1v) is 7.06. The average Bonchev–Trinajstić information content (AvgIpc) is 2.82. The van der Waals surface area contributed by atoms with Crippen molar-refractivity contribution in [2.24, 2.45) is 0 Å². The van der Waals surface area contributed by atoms with Crippen LogP contribution in [-0.2, 0) is 10.0 Å². The molecular weight excluding hydrogens is 302 g/mol. The zero-order chi connectivity index (χ0) is 15.6. The summed E-state index contributed by atoms with van der Waals surface area (Å²) in [4.78, 5) is 13.6. The highest BCUT2D eigenvalue weighted by atomic mass is 32.2. The van der Waals surface area contributed by atoms with E-state index in [4.69, 9.17) is 4.74 Å². The normalized spacial score (nSPS) is 11.1. The molecule has 0 aliphatic rings. The fourth-order valence-corrected chi connectivity index (χ4v) is 2.65. The van der Waals surface area contributed by atoms with E-state index in [1.54, 1.807) is 6.92 Å². The molecule has 0 fully saturated rings. The number of rotatable bonds is 5. The van der Waals surface area contributed by atoms with Gasteiger partial charge in [0.2, 0.25) is 0 Å². The van der Waals surface area contributed by atoms with Crippen LogP contribution in [0.5, 0.6) is 5.75 Å². The van der Waals surface area contributed by atoms with Gasteiger partial charge in [-0.2, -0.15) is 4.98 Å². The number of nitro benzene ring substituents is 1. The third kappa shape index (κ3) is 3.08. The van der Waals surface area contributed by atoms with Crippen molar-refractivity contribution >= 4 is 21.7 Å². The Morgan fingerprint density at radius 3 is 2.67 bits per heavy atom. The standard InChI is InChI=1S/C10H11N5O5S/c1-6-11-10(13-12-6)14-21(18,19)9-4-3-7(15(16)17)5-8(9)20-2/h3-5H,1-2H3,(H2,11,12,13,14). The predicted molar refractivity (Wildman–Crippen MR) is 71.6 cm³/mol. The highest BCUT2D eigenvalue weighted by Crippen LogP contribution is 2.29.